The molecule has 0 N–H and O–H groups in total. The molecule has 1 aliphatic rings. The van der Waals surface area contributed by atoms with Gasteiger partial charge in [-0.3, -0.25) is 0 Å². The molecule has 0 aromatic heterocycles. The lowest BCUT2D eigenvalue weighted by molar-refractivity contribution is 0.138. The number of hydrogen-bond donors (Lipinski definition) is 0. The quantitative estimate of drug-likeness (QED) is 0.417. The lowest BCUT2D eigenvalue weighted by Gasteiger charge is -2.39. The van der Waals surface area contributed by atoms with Gasteiger partial charge in [-0.15, -0.1) is 12.3 Å². The van der Waals surface area contributed by atoms with Crippen molar-refractivity contribution in [3.63, 3.8) is 0 Å². The summed E-state index contributed by atoms with van der Waals surface area (Å²) in [7, 11) is 0. The lowest BCUT2D eigenvalue weighted by Crippen LogP contribution is -2.30. The third kappa shape index (κ3) is 0.865. The Hall–Kier alpha value is -0.440. The van der Waals surface area contributed by atoms with Crippen molar-refractivity contribution < 1.29 is 0 Å². The fourth-order valence-corrected chi connectivity index (χ4v) is 1.39. The molecule has 0 heterocycles. The van der Waals surface area contributed by atoms with Gasteiger partial charge >= 0.3 is 0 Å². The molecule has 0 bridgehead atoms. The van der Waals surface area contributed by atoms with Crippen molar-refractivity contribution in [3.8, 4) is 12.3 Å². The van der Waals surface area contributed by atoms with Gasteiger partial charge in [0.2, 0.25) is 0 Å². The molecule has 1 rings (SSSR count). The van der Waals surface area contributed by atoms with E-state index in [1.165, 1.54) is 12.8 Å². The van der Waals surface area contributed by atoms with E-state index in [0.717, 1.165) is 0 Å². The van der Waals surface area contributed by atoms with Crippen LogP contribution >= 0.6 is 0 Å². The number of rotatable bonds is 0. The summed E-state index contributed by atoms with van der Waals surface area (Å²) in [5.41, 5.74) is 0.553. The fourth-order valence-electron chi connectivity index (χ4n) is 1.39. The highest BCUT2D eigenvalue weighted by atomic mass is 14.4. The van der Waals surface area contributed by atoms with Crippen LogP contribution in [-0.2, 0) is 0 Å². The van der Waals surface area contributed by atoms with Gasteiger partial charge in [-0.05, 0) is 18.3 Å². The monoisotopic (exact) mass is 108 g/mol. The molecule has 1 saturated carbocycles. The van der Waals surface area contributed by atoms with Gasteiger partial charge in [0.1, 0.15) is 0 Å². The first-order valence-electron chi connectivity index (χ1n) is 3.10. The molecule has 1 aliphatic carbocycles. The van der Waals surface area contributed by atoms with E-state index in [9.17, 15) is 0 Å². The topological polar surface area (TPSA) is 0 Å². The molecule has 0 atom stereocenters. The van der Waals surface area contributed by atoms with Crippen molar-refractivity contribution >= 4 is 0 Å². The minimum absolute atomic E-state index is 0.553. The molecule has 0 aromatic rings. The van der Waals surface area contributed by atoms with E-state index in [1.807, 2.05) is 0 Å². The zero-order chi connectivity index (χ0) is 6.20. The highest BCUT2D eigenvalue weighted by molar-refractivity contribution is 5.03. The molecule has 0 unspecified atom stereocenters. The van der Waals surface area contributed by atoms with Crippen LogP contribution in [0.5, 0.6) is 0 Å². The highest BCUT2D eigenvalue weighted by Crippen LogP contribution is 2.43. The van der Waals surface area contributed by atoms with Crippen LogP contribution in [0.2, 0.25) is 0 Å². The predicted octanol–water partition coefficient (Wildman–Crippen LogP) is 2.06. The third-order valence-electron chi connectivity index (χ3n) is 1.83. The Labute approximate surface area is 51.3 Å². The Morgan fingerprint density at radius 3 is 2.12 bits per heavy atom. The van der Waals surface area contributed by atoms with Gasteiger partial charge in [0, 0.05) is 5.92 Å². The van der Waals surface area contributed by atoms with E-state index in [-0.39, 0.29) is 0 Å². The molecule has 0 saturated heterocycles. The average Bonchev–Trinajstić information content (AvgIpc) is 1.60. The van der Waals surface area contributed by atoms with Crippen LogP contribution in [0.3, 0.4) is 0 Å². The van der Waals surface area contributed by atoms with Crippen LogP contribution in [0.15, 0.2) is 0 Å². The van der Waals surface area contributed by atoms with Crippen LogP contribution in [-0.4, -0.2) is 0 Å². The molecule has 44 valence electrons. The average molecular weight is 108 g/mol. The lowest BCUT2D eigenvalue weighted by atomic mass is 9.65. The number of hydrogen-bond acceptors (Lipinski definition) is 0. The van der Waals surface area contributed by atoms with Gasteiger partial charge in [0.25, 0.3) is 0 Å². The summed E-state index contributed by atoms with van der Waals surface area (Å²) in [5.74, 6) is 3.34. The Morgan fingerprint density at radius 1 is 1.50 bits per heavy atom. The summed E-state index contributed by atoms with van der Waals surface area (Å²) < 4.78 is 0. The van der Waals surface area contributed by atoms with Crippen LogP contribution in [0.25, 0.3) is 0 Å². The molecule has 0 aromatic carbocycles. The molecule has 0 amide bonds. The molecule has 0 heteroatoms. The first-order valence-corrected chi connectivity index (χ1v) is 3.10. The highest BCUT2D eigenvalue weighted by Gasteiger charge is 2.34. The largest absolute Gasteiger partial charge is 0.120 e. The van der Waals surface area contributed by atoms with Gasteiger partial charge in [-0.1, -0.05) is 13.8 Å². The molecule has 0 nitrogen and oxygen atoms in total. The van der Waals surface area contributed by atoms with Crippen molar-refractivity contribution in [2.75, 3.05) is 0 Å². The molecular weight excluding hydrogens is 96.1 g/mol. The molecule has 0 radical (unpaired) electrons. The second kappa shape index (κ2) is 1.52. The first kappa shape index (κ1) is 5.69. The van der Waals surface area contributed by atoms with Crippen molar-refractivity contribution in [2.45, 2.75) is 26.7 Å². The van der Waals surface area contributed by atoms with Crippen molar-refractivity contribution in [1.82, 2.24) is 0 Å². The van der Waals surface area contributed by atoms with E-state index in [0.29, 0.717) is 11.3 Å². The van der Waals surface area contributed by atoms with Gasteiger partial charge in [0.15, 0.2) is 0 Å². The summed E-state index contributed by atoms with van der Waals surface area (Å²) in [5, 5.41) is 0. The first-order chi connectivity index (χ1) is 3.64. The van der Waals surface area contributed by atoms with Crippen LogP contribution in [0.1, 0.15) is 26.7 Å². The smallest absolute Gasteiger partial charge is 0.0210 e. The van der Waals surface area contributed by atoms with Crippen LogP contribution in [0.4, 0.5) is 0 Å². The summed E-state index contributed by atoms with van der Waals surface area (Å²) in [4.78, 5) is 0. The maximum atomic E-state index is 5.20. The van der Waals surface area contributed by atoms with E-state index < -0.39 is 0 Å². The summed E-state index contributed by atoms with van der Waals surface area (Å²) in [6.07, 6.45) is 7.66. The zero-order valence-electron chi connectivity index (χ0n) is 5.57. The van der Waals surface area contributed by atoms with Crippen LogP contribution < -0.4 is 0 Å². The maximum absolute atomic E-state index is 5.20. The Kier molecular flexibility index (Phi) is 1.08. The second-order valence-electron chi connectivity index (χ2n) is 3.44. The van der Waals surface area contributed by atoms with Crippen molar-refractivity contribution in [3.05, 3.63) is 0 Å². The Morgan fingerprint density at radius 2 is 2.00 bits per heavy atom. The Bertz CT molecular complexity index is 117. The summed E-state index contributed by atoms with van der Waals surface area (Å²) in [6, 6.07) is 0. The van der Waals surface area contributed by atoms with Crippen LogP contribution in [0, 0.1) is 23.7 Å². The SMILES string of the molecule is C#CC1CC(C)(C)C1. The molecule has 0 aliphatic heterocycles. The zero-order valence-corrected chi connectivity index (χ0v) is 5.57. The molecule has 8 heavy (non-hydrogen) atoms. The minimum atomic E-state index is 0.553. The van der Waals surface area contributed by atoms with Crippen molar-refractivity contribution in [2.24, 2.45) is 11.3 Å². The van der Waals surface area contributed by atoms with E-state index in [4.69, 9.17) is 6.42 Å². The van der Waals surface area contributed by atoms with E-state index in [2.05, 4.69) is 19.8 Å². The minimum Gasteiger partial charge on any atom is -0.120 e. The standard InChI is InChI=1S/C8H12/c1-4-7-5-8(2,3)6-7/h1,7H,5-6H2,2-3H3. The fraction of sp³-hybridized carbons (Fsp3) is 0.750. The third-order valence-corrected chi connectivity index (χ3v) is 1.83. The van der Waals surface area contributed by atoms with E-state index in [1.54, 1.807) is 0 Å². The summed E-state index contributed by atoms with van der Waals surface area (Å²) in [6.45, 7) is 4.53. The van der Waals surface area contributed by atoms with Crippen molar-refractivity contribution in [1.29, 1.82) is 0 Å². The summed E-state index contributed by atoms with van der Waals surface area (Å²) >= 11 is 0. The van der Waals surface area contributed by atoms with Gasteiger partial charge in [-0.2, -0.15) is 0 Å². The Balaban J connectivity index is 2.34. The molecular formula is C8H12. The number of terminal acetylenes is 1. The predicted molar refractivity (Wildman–Crippen MR) is 35.3 cm³/mol. The molecule has 0 spiro atoms. The molecule has 1 fully saturated rings. The van der Waals surface area contributed by atoms with Gasteiger partial charge in [0.05, 0.1) is 0 Å². The van der Waals surface area contributed by atoms with E-state index >= 15 is 0 Å². The normalized spacial score (nSPS) is 26.1. The van der Waals surface area contributed by atoms with Gasteiger partial charge < -0.3 is 0 Å². The second-order valence-corrected chi connectivity index (χ2v) is 3.44. The maximum Gasteiger partial charge on any atom is 0.0210 e. The van der Waals surface area contributed by atoms with Gasteiger partial charge in [-0.25, -0.2) is 0 Å².